The summed E-state index contributed by atoms with van der Waals surface area (Å²) in [5.41, 5.74) is 9.15. The molecule has 8 rings (SSSR count). The summed E-state index contributed by atoms with van der Waals surface area (Å²) >= 11 is 0. The Bertz CT molecular complexity index is 1820. The van der Waals surface area contributed by atoms with Crippen LogP contribution in [0.2, 0.25) is 0 Å². The molecule has 0 bridgehead atoms. The Balaban J connectivity index is 1.28. The smallest absolute Gasteiger partial charge is 0.157 e. The normalized spacial score (nSPS) is 15.4. The van der Waals surface area contributed by atoms with Crippen LogP contribution in [-0.2, 0) is 0 Å². The first-order valence-corrected chi connectivity index (χ1v) is 12.9. The van der Waals surface area contributed by atoms with Crippen LogP contribution in [0, 0.1) is 0 Å². The third-order valence-electron chi connectivity index (χ3n) is 7.48. The molecule has 0 unspecified atom stereocenters. The zero-order valence-electron chi connectivity index (χ0n) is 20.6. The minimum atomic E-state index is 1.02. The summed E-state index contributed by atoms with van der Waals surface area (Å²) in [5, 5.41) is 9.90. The summed E-state index contributed by atoms with van der Waals surface area (Å²) < 4.78 is 0. The average Bonchev–Trinajstić information content (AvgIpc) is 3.64. The number of rotatable bonds is 3. The zero-order valence-corrected chi connectivity index (χ0v) is 20.6. The molecule has 0 saturated carbocycles. The molecular formula is C34H24N4. The highest BCUT2D eigenvalue weighted by molar-refractivity contribution is 5.94. The molecule has 0 radical (unpaired) electrons. The van der Waals surface area contributed by atoms with Gasteiger partial charge in [0.15, 0.2) is 11.6 Å². The van der Waals surface area contributed by atoms with Crippen LogP contribution in [-0.4, -0.2) is 0 Å². The van der Waals surface area contributed by atoms with Crippen molar-refractivity contribution in [2.24, 2.45) is 0 Å². The van der Waals surface area contributed by atoms with E-state index in [2.05, 4.69) is 148 Å². The van der Waals surface area contributed by atoms with Gasteiger partial charge in [-0.15, -0.1) is 0 Å². The fourth-order valence-electron chi connectivity index (χ4n) is 5.55. The molecular weight excluding hydrogens is 464 g/mol. The second-order valence-electron chi connectivity index (χ2n) is 9.77. The van der Waals surface area contributed by atoms with Crippen LogP contribution in [0.1, 0.15) is 11.1 Å². The minimum absolute atomic E-state index is 1.02. The van der Waals surface area contributed by atoms with Crippen molar-refractivity contribution in [2.45, 2.75) is 0 Å². The van der Waals surface area contributed by atoms with E-state index in [1.165, 1.54) is 21.9 Å². The van der Waals surface area contributed by atoms with Gasteiger partial charge in [-0.25, -0.2) is 0 Å². The van der Waals surface area contributed by atoms with Gasteiger partial charge in [0.05, 0.1) is 22.8 Å². The number of hydrogen-bond acceptors (Lipinski definition) is 4. The Morgan fingerprint density at radius 1 is 0.395 bits per heavy atom. The second kappa shape index (κ2) is 8.15. The molecule has 4 heteroatoms. The van der Waals surface area contributed by atoms with Crippen molar-refractivity contribution in [1.82, 2.24) is 10.6 Å². The molecule has 38 heavy (non-hydrogen) atoms. The monoisotopic (exact) mass is 488 g/mol. The van der Waals surface area contributed by atoms with Crippen LogP contribution in [0.15, 0.2) is 145 Å². The van der Waals surface area contributed by atoms with E-state index in [9.17, 15) is 0 Å². The molecule has 0 atom stereocenters. The molecule has 4 nitrogen and oxygen atoms in total. The number of nitrogens with zero attached hydrogens (tertiary/aromatic N) is 2. The highest BCUT2D eigenvalue weighted by atomic mass is 15.4. The van der Waals surface area contributed by atoms with E-state index in [1.807, 2.05) is 6.07 Å². The summed E-state index contributed by atoms with van der Waals surface area (Å²) in [5.74, 6) is 2.05. The van der Waals surface area contributed by atoms with Crippen molar-refractivity contribution in [3.63, 3.8) is 0 Å². The maximum Gasteiger partial charge on any atom is 0.157 e. The first-order valence-electron chi connectivity index (χ1n) is 12.9. The lowest BCUT2D eigenvalue weighted by atomic mass is 9.99. The largest absolute Gasteiger partial charge is 0.337 e. The Labute approximate surface area is 221 Å². The first-order chi connectivity index (χ1) is 18.8. The maximum absolute atomic E-state index is 3.71. The standard InChI is InChI=1S/C34H24N4/c1-3-10-24(11-4-1)29-21-37-31-18-17-28(27-16-15-23-9-7-8-14-26(23)19-27)20-32(31)38-22-30(25-12-5-2-6-13-25)36-34(38)33(37)35-29/h1-22,35-36H. The van der Waals surface area contributed by atoms with E-state index in [4.69, 9.17) is 0 Å². The van der Waals surface area contributed by atoms with Crippen molar-refractivity contribution in [2.75, 3.05) is 9.80 Å². The molecule has 3 aliphatic heterocycles. The molecule has 0 fully saturated rings. The van der Waals surface area contributed by atoms with Gasteiger partial charge in [-0.2, -0.15) is 0 Å². The van der Waals surface area contributed by atoms with E-state index in [1.54, 1.807) is 0 Å². The van der Waals surface area contributed by atoms with E-state index in [-0.39, 0.29) is 0 Å². The van der Waals surface area contributed by atoms with Crippen LogP contribution in [0.25, 0.3) is 33.3 Å². The summed E-state index contributed by atoms with van der Waals surface area (Å²) in [6.07, 6.45) is 4.41. The second-order valence-corrected chi connectivity index (χ2v) is 9.77. The van der Waals surface area contributed by atoms with Gasteiger partial charge >= 0.3 is 0 Å². The van der Waals surface area contributed by atoms with Gasteiger partial charge in [0, 0.05) is 12.4 Å². The van der Waals surface area contributed by atoms with E-state index < -0.39 is 0 Å². The van der Waals surface area contributed by atoms with Crippen molar-refractivity contribution in [3.8, 4) is 11.1 Å². The van der Waals surface area contributed by atoms with Gasteiger partial charge in [0.2, 0.25) is 0 Å². The molecule has 3 heterocycles. The molecule has 5 aromatic rings. The van der Waals surface area contributed by atoms with Crippen LogP contribution in [0.4, 0.5) is 11.4 Å². The summed E-state index contributed by atoms with van der Waals surface area (Å²) in [4.78, 5) is 4.55. The van der Waals surface area contributed by atoms with E-state index in [0.717, 1.165) is 45.5 Å². The SMILES string of the molecule is C1=C(c2ccccc2)NC2=C3NC(c4ccccc4)=CN3c3cc(-c4ccc5ccccc5c4)ccc3N12. The number of benzene rings is 5. The van der Waals surface area contributed by atoms with Crippen molar-refractivity contribution >= 4 is 33.5 Å². The zero-order chi connectivity index (χ0) is 25.1. The Morgan fingerprint density at radius 2 is 0.921 bits per heavy atom. The van der Waals surface area contributed by atoms with Crippen molar-refractivity contribution in [3.05, 3.63) is 156 Å². The predicted octanol–water partition coefficient (Wildman–Crippen LogP) is 7.46. The van der Waals surface area contributed by atoms with Crippen molar-refractivity contribution < 1.29 is 0 Å². The third kappa shape index (κ3) is 3.24. The number of hydrogen-bond donors (Lipinski definition) is 2. The molecule has 180 valence electrons. The number of fused-ring (bicyclic) bond motifs is 6. The lowest BCUT2D eigenvalue weighted by Crippen LogP contribution is -2.35. The van der Waals surface area contributed by atoms with Crippen LogP contribution in [0.5, 0.6) is 0 Å². The van der Waals surface area contributed by atoms with E-state index >= 15 is 0 Å². The summed E-state index contributed by atoms with van der Waals surface area (Å²) in [6.45, 7) is 0. The average molecular weight is 489 g/mol. The van der Waals surface area contributed by atoms with Gasteiger partial charge in [0.25, 0.3) is 0 Å². The first kappa shape index (κ1) is 20.9. The van der Waals surface area contributed by atoms with Gasteiger partial charge in [-0.3, -0.25) is 9.80 Å². The van der Waals surface area contributed by atoms with Gasteiger partial charge in [0.1, 0.15) is 0 Å². The molecule has 5 aromatic carbocycles. The molecule has 0 saturated heterocycles. The molecule has 2 N–H and O–H groups in total. The van der Waals surface area contributed by atoms with Gasteiger partial charge in [-0.1, -0.05) is 103 Å². The Hall–Kier alpha value is -5.22. The maximum atomic E-state index is 3.71. The number of anilines is 2. The van der Waals surface area contributed by atoms with E-state index in [0.29, 0.717) is 0 Å². The molecule has 3 aliphatic rings. The Morgan fingerprint density at radius 3 is 1.58 bits per heavy atom. The fourth-order valence-corrected chi connectivity index (χ4v) is 5.55. The molecule has 0 spiro atoms. The summed E-state index contributed by atoms with van der Waals surface area (Å²) in [7, 11) is 0. The van der Waals surface area contributed by atoms with Crippen LogP contribution >= 0.6 is 0 Å². The molecule has 0 aromatic heterocycles. The number of nitrogens with one attached hydrogen (secondary N) is 2. The Kier molecular flexibility index (Phi) is 4.49. The van der Waals surface area contributed by atoms with Gasteiger partial charge < -0.3 is 10.6 Å². The lowest BCUT2D eigenvalue weighted by molar-refractivity contribution is 0.905. The fraction of sp³-hybridized carbons (Fsp3) is 0. The molecule has 0 amide bonds. The third-order valence-corrected chi connectivity index (χ3v) is 7.48. The minimum Gasteiger partial charge on any atom is -0.337 e. The van der Waals surface area contributed by atoms with Crippen molar-refractivity contribution in [1.29, 1.82) is 0 Å². The summed E-state index contributed by atoms with van der Waals surface area (Å²) in [6, 6.07) is 43.0. The highest BCUT2D eigenvalue weighted by Crippen LogP contribution is 2.46. The van der Waals surface area contributed by atoms with Crippen LogP contribution in [0.3, 0.4) is 0 Å². The lowest BCUT2D eigenvalue weighted by Gasteiger charge is -2.33. The highest BCUT2D eigenvalue weighted by Gasteiger charge is 2.37. The van der Waals surface area contributed by atoms with Crippen LogP contribution < -0.4 is 20.4 Å². The topological polar surface area (TPSA) is 30.5 Å². The predicted molar refractivity (Wildman–Crippen MR) is 156 cm³/mol. The quantitative estimate of drug-likeness (QED) is 0.276. The van der Waals surface area contributed by atoms with Gasteiger partial charge in [-0.05, 0) is 51.2 Å². The molecule has 0 aliphatic carbocycles.